The number of esters is 1. The van der Waals surface area contributed by atoms with E-state index in [9.17, 15) is 9.59 Å². The minimum atomic E-state index is -0.389. The van der Waals surface area contributed by atoms with Crippen molar-refractivity contribution in [2.75, 3.05) is 6.61 Å². The van der Waals surface area contributed by atoms with Crippen LogP contribution in [0.5, 0.6) is 5.75 Å². The molecule has 0 radical (unpaired) electrons. The molecule has 0 aliphatic heterocycles. The van der Waals surface area contributed by atoms with Gasteiger partial charge in [-0.15, -0.1) is 0 Å². The van der Waals surface area contributed by atoms with Gasteiger partial charge in [-0.3, -0.25) is 4.79 Å². The molecular weight excluding hydrogens is 387 g/mol. The summed E-state index contributed by atoms with van der Waals surface area (Å²) in [6, 6.07) is 1.86. The molecule has 1 aromatic carbocycles. The summed E-state index contributed by atoms with van der Waals surface area (Å²) in [6.45, 7) is 1.95. The maximum Gasteiger partial charge on any atom is 0.344 e. The Morgan fingerprint density at radius 3 is 2.74 bits per heavy atom. The summed E-state index contributed by atoms with van der Waals surface area (Å²) in [5, 5.41) is 0.672. The zero-order valence-corrected chi connectivity index (χ0v) is 16.8. The summed E-state index contributed by atoms with van der Waals surface area (Å²) >= 11 is 13.0. The van der Waals surface area contributed by atoms with Gasteiger partial charge in [0.15, 0.2) is 12.4 Å². The minimum absolute atomic E-state index is 0.0252. The normalized spacial score (nSPS) is 24.0. The third-order valence-corrected chi connectivity index (χ3v) is 7.00. The van der Waals surface area contributed by atoms with Crippen molar-refractivity contribution in [2.45, 2.75) is 58.0 Å². The largest absolute Gasteiger partial charge is 0.480 e. The maximum atomic E-state index is 12.0. The maximum absolute atomic E-state index is 12.0. The Bertz CT molecular complexity index is 841. The predicted octanol–water partition coefficient (Wildman–Crippen LogP) is 5.17. The van der Waals surface area contributed by atoms with E-state index in [0.29, 0.717) is 17.2 Å². The van der Waals surface area contributed by atoms with Crippen LogP contribution < -0.4 is 4.74 Å². The van der Waals surface area contributed by atoms with Crippen molar-refractivity contribution in [1.29, 1.82) is 0 Å². The van der Waals surface area contributed by atoms with Gasteiger partial charge in [0.25, 0.3) is 0 Å². The molecule has 1 fully saturated rings. The van der Waals surface area contributed by atoms with E-state index in [4.69, 9.17) is 32.7 Å². The van der Waals surface area contributed by atoms with Gasteiger partial charge in [0.2, 0.25) is 0 Å². The third-order valence-electron chi connectivity index (χ3n) is 6.15. The van der Waals surface area contributed by atoms with Gasteiger partial charge in [-0.25, -0.2) is 4.79 Å². The van der Waals surface area contributed by atoms with E-state index < -0.39 is 0 Å². The van der Waals surface area contributed by atoms with Crippen LogP contribution in [0.3, 0.4) is 0 Å². The lowest BCUT2D eigenvalue weighted by molar-refractivity contribution is -0.155. The van der Waals surface area contributed by atoms with Crippen LogP contribution in [0.25, 0.3) is 5.57 Å². The van der Waals surface area contributed by atoms with Gasteiger partial charge in [-0.05, 0) is 61.8 Å². The number of carbonyl (C=O) groups excluding carboxylic acids is 2. The summed E-state index contributed by atoms with van der Waals surface area (Å²) < 4.78 is 10.9. The highest BCUT2D eigenvalue weighted by molar-refractivity contribution is 6.44. The van der Waals surface area contributed by atoms with Crippen molar-refractivity contribution in [2.24, 2.45) is 5.41 Å². The Morgan fingerprint density at radius 1 is 1.30 bits per heavy atom. The molecule has 6 heteroatoms. The van der Waals surface area contributed by atoms with Crippen LogP contribution in [0.15, 0.2) is 12.1 Å². The highest BCUT2D eigenvalue weighted by Crippen LogP contribution is 2.57. The predicted molar refractivity (Wildman–Crippen MR) is 104 cm³/mol. The van der Waals surface area contributed by atoms with Gasteiger partial charge in [0.05, 0.1) is 5.02 Å². The van der Waals surface area contributed by atoms with E-state index in [1.807, 2.05) is 6.07 Å². The lowest BCUT2D eigenvalue weighted by atomic mass is 9.71. The average Bonchev–Trinajstić information content (AvgIpc) is 2.94. The molecule has 1 aromatic rings. The third kappa shape index (κ3) is 3.27. The van der Waals surface area contributed by atoms with Gasteiger partial charge < -0.3 is 9.47 Å². The molecule has 144 valence electrons. The molecular formula is C21H22Cl2O4. The van der Waals surface area contributed by atoms with Crippen LogP contribution in [-0.2, 0) is 20.7 Å². The lowest BCUT2D eigenvalue weighted by Gasteiger charge is -2.32. The zero-order chi connectivity index (χ0) is 19.2. The van der Waals surface area contributed by atoms with Gasteiger partial charge in [0, 0.05) is 17.4 Å². The molecule has 0 amide bonds. The highest BCUT2D eigenvalue weighted by Gasteiger charge is 2.44. The van der Waals surface area contributed by atoms with Gasteiger partial charge in [-0.2, -0.15) is 0 Å². The fourth-order valence-electron chi connectivity index (χ4n) is 4.29. The molecule has 4 rings (SSSR count). The molecule has 4 nitrogen and oxygen atoms in total. The first-order valence-electron chi connectivity index (χ1n) is 9.52. The van der Waals surface area contributed by atoms with Crippen molar-refractivity contribution in [1.82, 2.24) is 0 Å². The molecule has 27 heavy (non-hydrogen) atoms. The van der Waals surface area contributed by atoms with Crippen LogP contribution in [0.1, 0.15) is 56.6 Å². The summed E-state index contributed by atoms with van der Waals surface area (Å²) in [5.74, 6) is 0.135. The van der Waals surface area contributed by atoms with Crippen LogP contribution in [-0.4, -0.2) is 24.5 Å². The SMILES string of the molecule is CCC12CCC(=O)C=C1c1c(cc(OCC(=O)OC3CCC3)c(Cl)c1Cl)C2. The smallest absolute Gasteiger partial charge is 0.344 e. The second-order valence-electron chi connectivity index (χ2n) is 7.70. The molecule has 0 heterocycles. The number of carbonyl (C=O) groups is 2. The Labute approximate surface area is 168 Å². The van der Waals surface area contributed by atoms with Crippen molar-refractivity contribution in [3.8, 4) is 5.75 Å². The van der Waals surface area contributed by atoms with E-state index in [-0.39, 0.29) is 34.9 Å². The first-order chi connectivity index (χ1) is 12.9. The quantitative estimate of drug-likeness (QED) is 0.630. The summed E-state index contributed by atoms with van der Waals surface area (Å²) in [7, 11) is 0. The van der Waals surface area contributed by atoms with Crippen LogP contribution >= 0.6 is 23.2 Å². The monoisotopic (exact) mass is 408 g/mol. The number of ketones is 1. The summed E-state index contributed by atoms with van der Waals surface area (Å²) in [5.41, 5.74) is 2.82. The molecule has 1 unspecified atom stereocenters. The second-order valence-corrected chi connectivity index (χ2v) is 8.46. The molecule has 0 bridgehead atoms. The number of benzene rings is 1. The van der Waals surface area contributed by atoms with E-state index in [1.54, 1.807) is 6.08 Å². The summed E-state index contributed by atoms with van der Waals surface area (Å²) in [6.07, 6.45) is 7.82. The second kappa shape index (κ2) is 7.14. The minimum Gasteiger partial charge on any atom is -0.480 e. The number of ether oxygens (including phenoxy) is 2. The topological polar surface area (TPSA) is 52.6 Å². The molecule has 3 aliphatic carbocycles. The fourth-order valence-corrected chi connectivity index (χ4v) is 4.81. The molecule has 0 N–H and O–H groups in total. The van der Waals surface area contributed by atoms with Crippen molar-refractivity contribution in [3.63, 3.8) is 0 Å². The molecule has 0 aromatic heterocycles. The van der Waals surface area contributed by atoms with E-state index >= 15 is 0 Å². The van der Waals surface area contributed by atoms with Gasteiger partial charge in [-0.1, -0.05) is 30.1 Å². The highest BCUT2D eigenvalue weighted by atomic mass is 35.5. The molecule has 1 atom stereocenters. The Balaban J connectivity index is 1.59. The van der Waals surface area contributed by atoms with Crippen molar-refractivity contribution >= 4 is 40.5 Å². The van der Waals surface area contributed by atoms with Crippen LogP contribution in [0, 0.1) is 5.41 Å². The number of rotatable bonds is 5. The number of fused-ring (bicyclic) bond motifs is 3. The fraction of sp³-hybridized carbons (Fsp3) is 0.524. The van der Waals surface area contributed by atoms with E-state index in [1.165, 1.54) is 0 Å². The number of allylic oxidation sites excluding steroid dienone is 2. The van der Waals surface area contributed by atoms with Crippen molar-refractivity contribution in [3.05, 3.63) is 33.3 Å². The van der Waals surface area contributed by atoms with Crippen LogP contribution in [0.2, 0.25) is 10.0 Å². The lowest BCUT2D eigenvalue weighted by Crippen LogP contribution is -2.27. The first kappa shape index (κ1) is 18.8. The Hall–Kier alpha value is -1.52. The van der Waals surface area contributed by atoms with Crippen LogP contribution in [0.4, 0.5) is 0 Å². The van der Waals surface area contributed by atoms with E-state index in [2.05, 4.69) is 6.92 Å². The number of hydrogen-bond donors (Lipinski definition) is 0. The number of hydrogen-bond acceptors (Lipinski definition) is 4. The zero-order valence-electron chi connectivity index (χ0n) is 15.3. The van der Waals surface area contributed by atoms with Crippen molar-refractivity contribution < 1.29 is 19.1 Å². The molecule has 3 aliphatic rings. The standard InChI is InChI=1S/C21H22Cl2O4/c1-2-21-7-6-13(24)9-15(21)18-12(10-21)8-16(19(22)20(18)23)26-11-17(25)27-14-4-3-5-14/h8-9,14H,2-7,10-11H2,1H3. The van der Waals surface area contributed by atoms with E-state index in [0.717, 1.165) is 55.2 Å². The summed E-state index contributed by atoms with van der Waals surface area (Å²) in [4.78, 5) is 23.9. The molecule has 1 saturated carbocycles. The first-order valence-corrected chi connectivity index (χ1v) is 10.3. The average molecular weight is 409 g/mol. The number of halogens is 2. The van der Waals surface area contributed by atoms with Gasteiger partial charge >= 0.3 is 5.97 Å². The van der Waals surface area contributed by atoms with Gasteiger partial charge in [0.1, 0.15) is 16.9 Å². The Kier molecular flexibility index (Phi) is 4.98. The Morgan fingerprint density at radius 2 is 2.07 bits per heavy atom. The molecule has 0 saturated heterocycles. The molecule has 0 spiro atoms.